The molecule has 1 aromatic heterocycles. The number of carbonyl (C=O) groups excluding carboxylic acids is 2. The second-order valence-electron chi connectivity index (χ2n) is 4.24. The topological polar surface area (TPSA) is 63.2 Å². The van der Waals surface area contributed by atoms with Gasteiger partial charge in [0.15, 0.2) is 5.78 Å². The van der Waals surface area contributed by atoms with E-state index in [-0.39, 0.29) is 17.4 Å². The summed E-state index contributed by atoms with van der Waals surface area (Å²) in [5.41, 5.74) is 1.52. The van der Waals surface area contributed by atoms with E-state index in [2.05, 4.69) is 9.97 Å². The van der Waals surface area contributed by atoms with Crippen LogP contribution in [0.15, 0.2) is 42.9 Å². The van der Waals surface area contributed by atoms with Crippen molar-refractivity contribution in [2.75, 3.05) is 11.4 Å². The summed E-state index contributed by atoms with van der Waals surface area (Å²) in [6, 6.07) is 7.13. The highest BCUT2D eigenvalue weighted by Crippen LogP contribution is 2.27. The van der Waals surface area contributed by atoms with Crippen molar-refractivity contribution in [3.63, 3.8) is 0 Å². The summed E-state index contributed by atoms with van der Waals surface area (Å²) in [6.07, 6.45) is 4.77. The number of hydrogen-bond donors (Lipinski definition) is 0. The van der Waals surface area contributed by atoms with Crippen LogP contribution in [-0.2, 0) is 0 Å². The van der Waals surface area contributed by atoms with Gasteiger partial charge in [0, 0.05) is 30.9 Å². The van der Waals surface area contributed by atoms with Crippen molar-refractivity contribution in [1.82, 2.24) is 9.97 Å². The Morgan fingerprint density at radius 1 is 1.21 bits per heavy atom. The molecule has 2 aromatic rings. The number of para-hydroxylation sites is 1. The average molecular weight is 253 g/mol. The Morgan fingerprint density at radius 2 is 2.05 bits per heavy atom. The summed E-state index contributed by atoms with van der Waals surface area (Å²) in [7, 11) is 0. The number of aromatic nitrogens is 2. The number of amides is 1. The molecule has 1 aliphatic rings. The van der Waals surface area contributed by atoms with Gasteiger partial charge >= 0.3 is 0 Å². The van der Waals surface area contributed by atoms with Crippen molar-refractivity contribution in [3.8, 4) is 0 Å². The van der Waals surface area contributed by atoms with Crippen molar-refractivity contribution in [2.45, 2.75) is 6.42 Å². The van der Waals surface area contributed by atoms with Crippen LogP contribution in [0.4, 0.5) is 5.69 Å². The molecule has 94 valence electrons. The lowest BCUT2D eigenvalue weighted by Gasteiger charge is -2.28. The van der Waals surface area contributed by atoms with Crippen LogP contribution in [0.1, 0.15) is 27.3 Å². The number of benzene rings is 1. The summed E-state index contributed by atoms with van der Waals surface area (Å²) in [5, 5.41) is 0. The van der Waals surface area contributed by atoms with Gasteiger partial charge in [-0.1, -0.05) is 12.1 Å². The summed E-state index contributed by atoms with van der Waals surface area (Å²) in [5.74, 6) is -0.160. The summed E-state index contributed by atoms with van der Waals surface area (Å²) < 4.78 is 0. The van der Waals surface area contributed by atoms with Gasteiger partial charge < -0.3 is 4.90 Å². The van der Waals surface area contributed by atoms with Crippen molar-refractivity contribution >= 4 is 17.4 Å². The Kier molecular flexibility index (Phi) is 2.79. The molecular formula is C14H11N3O2. The van der Waals surface area contributed by atoms with Crippen LogP contribution < -0.4 is 4.90 Å². The van der Waals surface area contributed by atoms with Gasteiger partial charge in [0.25, 0.3) is 5.91 Å². The summed E-state index contributed by atoms with van der Waals surface area (Å²) >= 11 is 0. The number of rotatable bonds is 1. The quantitative estimate of drug-likeness (QED) is 0.776. The van der Waals surface area contributed by atoms with E-state index < -0.39 is 0 Å². The van der Waals surface area contributed by atoms with Crippen molar-refractivity contribution < 1.29 is 9.59 Å². The zero-order valence-electron chi connectivity index (χ0n) is 10.1. The van der Waals surface area contributed by atoms with E-state index in [1.54, 1.807) is 23.1 Å². The molecule has 0 saturated heterocycles. The molecule has 2 heterocycles. The number of carbonyl (C=O) groups is 2. The van der Waals surface area contributed by atoms with E-state index in [1.807, 2.05) is 6.07 Å². The highest BCUT2D eigenvalue weighted by Gasteiger charge is 2.28. The van der Waals surface area contributed by atoms with E-state index in [1.165, 1.54) is 18.6 Å². The molecule has 3 rings (SSSR count). The molecule has 1 aromatic carbocycles. The Bertz CT molecular complexity index is 640. The second-order valence-corrected chi connectivity index (χ2v) is 4.24. The first-order valence-corrected chi connectivity index (χ1v) is 5.97. The number of nitrogens with zero attached hydrogens (tertiary/aromatic N) is 3. The molecule has 0 N–H and O–H groups in total. The maximum absolute atomic E-state index is 12.4. The van der Waals surface area contributed by atoms with E-state index in [0.717, 1.165) is 0 Å². The van der Waals surface area contributed by atoms with Crippen LogP contribution in [0, 0.1) is 0 Å². The lowest BCUT2D eigenvalue weighted by Crippen LogP contribution is -2.37. The standard InChI is InChI=1S/C14H11N3O2/c18-13-5-8-17(12-4-2-1-3-10(12)13)14(19)11-9-15-6-7-16-11/h1-4,6-7,9H,5,8H2. The first-order valence-electron chi connectivity index (χ1n) is 5.97. The third-order valence-electron chi connectivity index (χ3n) is 3.09. The highest BCUT2D eigenvalue weighted by molar-refractivity contribution is 6.12. The van der Waals surface area contributed by atoms with Crippen molar-refractivity contribution in [3.05, 3.63) is 54.1 Å². The minimum absolute atomic E-state index is 0.0683. The molecule has 0 unspecified atom stereocenters. The fraction of sp³-hybridized carbons (Fsp3) is 0.143. The molecule has 0 radical (unpaired) electrons. The van der Waals surface area contributed by atoms with Gasteiger partial charge in [-0.15, -0.1) is 0 Å². The zero-order chi connectivity index (χ0) is 13.2. The molecule has 0 fully saturated rings. The summed E-state index contributed by atoms with van der Waals surface area (Å²) in [6.45, 7) is 0.380. The third kappa shape index (κ3) is 1.99. The van der Waals surface area contributed by atoms with Crippen LogP contribution in [-0.4, -0.2) is 28.2 Å². The van der Waals surface area contributed by atoms with Gasteiger partial charge in [-0.3, -0.25) is 14.6 Å². The van der Waals surface area contributed by atoms with Gasteiger partial charge in [-0.25, -0.2) is 4.98 Å². The van der Waals surface area contributed by atoms with Crippen LogP contribution >= 0.6 is 0 Å². The van der Waals surface area contributed by atoms with Gasteiger partial charge in [0.05, 0.1) is 11.9 Å². The molecule has 0 bridgehead atoms. The first-order chi connectivity index (χ1) is 9.27. The molecular weight excluding hydrogens is 242 g/mol. The minimum atomic E-state index is -0.229. The van der Waals surface area contributed by atoms with Crippen molar-refractivity contribution in [2.24, 2.45) is 0 Å². The number of ketones is 1. The van der Waals surface area contributed by atoms with Gasteiger partial charge in [-0.2, -0.15) is 0 Å². The largest absolute Gasteiger partial charge is 0.306 e. The minimum Gasteiger partial charge on any atom is -0.306 e. The Morgan fingerprint density at radius 3 is 2.84 bits per heavy atom. The van der Waals surface area contributed by atoms with Crippen LogP contribution in [0.3, 0.4) is 0 Å². The SMILES string of the molecule is O=C1CCN(C(=O)c2cnccn2)c2ccccc21. The van der Waals surface area contributed by atoms with Crippen molar-refractivity contribution in [1.29, 1.82) is 0 Å². The third-order valence-corrected chi connectivity index (χ3v) is 3.09. The van der Waals surface area contributed by atoms with Gasteiger partial charge in [0.2, 0.25) is 0 Å². The maximum atomic E-state index is 12.4. The van der Waals surface area contributed by atoms with Gasteiger partial charge in [0.1, 0.15) is 5.69 Å². The van der Waals surface area contributed by atoms with Crippen LogP contribution in [0.2, 0.25) is 0 Å². The number of anilines is 1. The van der Waals surface area contributed by atoms with Crippen LogP contribution in [0.5, 0.6) is 0 Å². The molecule has 1 aliphatic heterocycles. The van der Waals surface area contributed by atoms with E-state index in [4.69, 9.17) is 0 Å². The zero-order valence-corrected chi connectivity index (χ0v) is 10.1. The summed E-state index contributed by atoms with van der Waals surface area (Å²) in [4.78, 5) is 33.7. The van der Waals surface area contributed by atoms with E-state index >= 15 is 0 Å². The number of Topliss-reactive ketones (excluding diaryl/α,β-unsaturated/α-hetero) is 1. The Balaban J connectivity index is 2.02. The van der Waals surface area contributed by atoms with Crippen LogP contribution in [0.25, 0.3) is 0 Å². The molecule has 19 heavy (non-hydrogen) atoms. The Labute approximate surface area is 109 Å². The average Bonchev–Trinajstić information content (AvgIpc) is 2.48. The molecule has 1 amide bonds. The molecule has 5 heteroatoms. The van der Waals surface area contributed by atoms with E-state index in [9.17, 15) is 9.59 Å². The second kappa shape index (κ2) is 4.61. The number of fused-ring (bicyclic) bond motifs is 1. The molecule has 0 spiro atoms. The number of hydrogen-bond acceptors (Lipinski definition) is 4. The molecule has 0 aliphatic carbocycles. The molecule has 0 saturated carbocycles. The fourth-order valence-corrected chi connectivity index (χ4v) is 2.17. The monoisotopic (exact) mass is 253 g/mol. The Hall–Kier alpha value is -2.56. The smallest absolute Gasteiger partial charge is 0.278 e. The van der Waals surface area contributed by atoms with Gasteiger partial charge in [-0.05, 0) is 12.1 Å². The predicted molar refractivity (Wildman–Crippen MR) is 69.1 cm³/mol. The molecule has 0 atom stereocenters. The predicted octanol–water partition coefficient (Wildman–Crippen LogP) is 1.71. The first kappa shape index (κ1) is 11.5. The lowest BCUT2D eigenvalue weighted by molar-refractivity contribution is 0.0952. The van der Waals surface area contributed by atoms with E-state index in [0.29, 0.717) is 24.2 Å². The lowest BCUT2D eigenvalue weighted by atomic mass is 10.0. The maximum Gasteiger partial charge on any atom is 0.278 e. The highest BCUT2D eigenvalue weighted by atomic mass is 16.2. The fourth-order valence-electron chi connectivity index (χ4n) is 2.17. The normalized spacial score (nSPS) is 14.1. The molecule has 5 nitrogen and oxygen atoms in total.